The molecule has 0 bridgehead atoms. The van der Waals surface area contributed by atoms with E-state index in [4.69, 9.17) is 0 Å². The summed E-state index contributed by atoms with van der Waals surface area (Å²) in [5, 5.41) is 0. The van der Waals surface area contributed by atoms with Crippen LogP contribution < -0.4 is 4.90 Å². The highest BCUT2D eigenvalue weighted by molar-refractivity contribution is 7.89. The standard InChI is InChI=1S/C20H26F3N5O2S/c21-20(22,23)31(29,30)27-12-16-5-1-2-6-19(16)28(13-17-11-24-15-25-17)18(14-27)7-10-26-8-3-4-9-26/h1-2,5-6,11,15,18H,3-4,7-10,12-14H2,(H,24,25). The van der Waals surface area contributed by atoms with Crippen LogP contribution >= 0.6 is 0 Å². The van der Waals surface area contributed by atoms with E-state index in [0.717, 1.165) is 37.3 Å². The number of nitrogens with zero attached hydrogens (tertiary/aromatic N) is 4. The van der Waals surface area contributed by atoms with Gasteiger partial charge in [-0.05, 0) is 44.0 Å². The molecule has 1 saturated heterocycles. The van der Waals surface area contributed by atoms with Gasteiger partial charge in [0.15, 0.2) is 0 Å². The van der Waals surface area contributed by atoms with E-state index in [9.17, 15) is 21.6 Å². The molecule has 2 aliphatic rings. The first-order valence-corrected chi connectivity index (χ1v) is 11.8. The van der Waals surface area contributed by atoms with Gasteiger partial charge in [0.2, 0.25) is 0 Å². The highest BCUT2D eigenvalue weighted by Crippen LogP contribution is 2.35. The SMILES string of the molecule is O=S(=O)(N1Cc2ccccc2N(Cc2cnc[nH]2)C(CCN2CCCC2)C1)C(F)(F)F. The number of sulfonamides is 1. The molecule has 1 atom stereocenters. The van der Waals surface area contributed by atoms with E-state index in [1.54, 1.807) is 24.7 Å². The van der Waals surface area contributed by atoms with Crippen LogP contribution in [0, 0.1) is 0 Å². The molecule has 170 valence electrons. The fraction of sp³-hybridized carbons (Fsp3) is 0.550. The zero-order chi connectivity index (χ0) is 22.1. The smallest absolute Gasteiger partial charge is 0.361 e. The summed E-state index contributed by atoms with van der Waals surface area (Å²) < 4.78 is 65.6. The highest BCUT2D eigenvalue weighted by Gasteiger charge is 2.51. The van der Waals surface area contributed by atoms with Crippen LogP contribution in [0.3, 0.4) is 0 Å². The molecule has 2 aliphatic heterocycles. The first-order valence-electron chi connectivity index (χ1n) is 10.4. The van der Waals surface area contributed by atoms with E-state index >= 15 is 0 Å². The maximum absolute atomic E-state index is 13.4. The molecular weight excluding hydrogens is 431 g/mol. The Morgan fingerprint density at radius 3 is 2.58 bits per heavy atom. The quantitative estimate of drug-likeness (QED) is 0.722. The fourth-order valence-corrected chi connectivity index (χ4v) is 5.36. The van der Waals surface area contributed by atoms with Crippen LogP contribution in [0.5, 0.6) is 0 Å². The minimum atomic E-state index is -5.45. The van der Waals surface area contributed by atoms with E-state index < -0.39 is 21.6 Å². The lowest BCUT2D eigenvalue weighted by atomic mass is 10.1. The fourth-order valence-electron chi connectivity index (χ4n) is 4.39. The molecule has 11 heteroatoms. The molecule has 1 aromatic carbocycles. The Morgan fingerprint density at radius 2 is 1.90 bits per heavy atom. The molecule has 1 fully saturated rings. The van der Waals surface area contributed by atoms with Crippen LogP contribution in [0.15, 0.2) is 36.8 Å². The lowest BCUT2D eigenvalue weighted by molar-refractivity contribution is -0.0492. The monoisotopic (exact) mass is 457 g/mol. The zero-order valence-corrected chi connectivity index (χ0v) is 17.9. The summed E-state index contributed by atoms with van der Waals surface area (Å²) in [6, 6.07) is 6.67. The van der Waals surface area contributed by atoms with Crippen molar-refractivity contribution >= 4 is 15.7 Å². The molecule has 0 spiro atoms. The summed E-state index contributed by atoms with van der Waals surface area (Å²) in [7, 11) is -5.45. The topological polar surface area (TPSA) is 72.5 Å². The molecule has 31 heavy (non-hydrogen) atoms. The Labute approximate surface area is 179 Å². The van der Waals surface area contributed by atoms with Gasteiger partial charge in [0.25, 0.3) is 0 Å². The number of aromatic amines is 1. The highest BCUT2D eigenvalue weighted by atomic mass is 32.2. The number of benzene rings is 1. The van der Waals surface area contributed by atoms with Crippen molar-refractivity contribution in [3.05, 3.63) is 48.0 Å². The number of likely N-dealkylation sites (tertiary alicyclic amines) is 1. The molecule has 0 saturated carbocycles. The lowest BCUT2D eigenvalue weighted by Gasteiger charge is -2.35. The van der Waals surface area contributed by atoms with E-state index in [1.165, 1.54) is 0 Å². The first kappa shape index (κ1) is 22.1. The summed E-state index contributed by atoms with van der Waals surface area (Å²) in [4.78, 5) is 11.4. The molecule has 1 aromatic heterocycles. The molecule has 0 radical (unpaired) electrons. The second-order valence-electron chi connectivity index (χ2n) is 8.07. The van der Waals surface area contributed by atoms with Gasteiger partial charge in [-0.25, -0.2) is 13.4 Å². The number of H-pyrrole nitrogens is 1. The maximum atomic E-state index is 13.4. The largest absolute Gasteiger partial charge is 0.511 e. The van der Waals surface area contributed by atoms with Crippen molar-refractivity contribution in [1.82, 2.24) is 19.2 Å². The number of hydrogen-bond acceptors (Lipinski definition) is 5. The van der Waals surface area contributed by atoms with Crippen LogP contribution in [0.2, 0.25) is 0 Å². The predicted octanol–water partition coefficient (Wildman–Crippen LogP) is 2.94. The summed E-state index contributed by atoms with van der Waals surface area (Å²) in [6.45, 7) is 2.52. The van der Waals surface area contributed by atoms with Crippen molar-refractivity contribution in [2.24, 2.45) is 0 Å². The van der Waals surface area contributed by atoms with Gasteiger partial charge in [0, 0.05) is 37.6 Å². The summed E-state index contributed by atoms with van der Waals surface area (Å²) in [6.07, 6.45) is 6.01. The molecular formula is C20H26F3N5O2S. The van der Waals surface area contributed by atoms with Crippen molar-refractivity contribution in [2.75, 3.05) is 31.1 Å². The Balaban J connectivity index is 1.70. The Kier molecular flexibility index (Phi) is 6.27. The minimum Gasteiger partial charge on any atom is -0.361 e. The van der Waals surface area contributed by atoms with Crippen molar-refractivity contribution in [2.45, 2.75) is 43.9 Å². The number of anilines is 1. The summed E-state index contributed by atoms with van der Waals surface area (Å²) in [5.74, 6) is 0. The van der Waals surface area contributed by atoms with Gasteiger partial charge < -0.3 is 14.8 Å². The first-order chi connectivity index (χ1) is 14.8. The number of rotatable bonds is 6. The number of aromatic nitrogens is 2. The van der Waals surface area contributed by atoms with Gasteiger partial charge in [0.1, 0.15) is 0 Å². The number of halogens is 3. The van der Waals surface area contributed by atoms with Crippen LogP contribution in [0.25, 0.3) is 0 Å². The van der Waals surface area contributed by atoms with E-state index in [1.807, 2.05) is 17.0 Å². The summed E-state index contributed by atoms with van der Waals surface area (Å²) in [5.41, 5.74) is -3.21. The second-order valence-corrected chi connectivity index (χ2v) is 10.00. The van der Waals surface area contributed by atoms with Gasteiger partial charge in [-0.1, -0.05) is 18.2 Å². The van der Waals surface area contributed by atoms with E-state index in [2.05, 4.69) is 14.9 Å². The summed E-state index contributed by atoms with van der Waals surface area (Å²) >= 11 is 0. The number of nitrogens with one attached hydrogen (secondary N) is 1. The Bertz CT molecular complexity index is 975. The van der Waals surface area contributed by atoms with Crippen LogP contribution in [-0.2, 0) is 23.1 Å². The van der Waals surface area contributed by atoms with Crippen molar-refractivity contribution < 1.29 is 21.6 Å². The molecule has 1 unspecified atom stereocenters. The number of hydrogen-bond donors (Lipinski definition) is 1. The molecule has 2 aromatic rings. The molecule has 1 N–H and O–H groups in total. The zero-order valence-electron chi connectivity index (χ0n) is 17.1. The lowest BCUT2D eigenvalue weighted by Crippen LogP contribution is -2.47. The average Bonchev–Trinajstić information content (AvgIpc) is 3.39. The Morgan fingerprint density at radius 1 is 1.16 bits per heavy atom. The third-order valence-electron chi connectivity index (χ3n) is 6.01. The van der Waals surface area contributed by atoms with Crippen LogP contribution in [0.1, 0.15) is 30.5 Å². The second kappa shape index (κ2) is 8.79. The van der Waals surface area contributed by atoms with Gasteiger partial charge in [-0.2, -0.15) is 17.5 Å². The maximum Gasteiger partial charge on any atom is 0.511 e. The average molecular weight is 458 g/mol. The Hall–Kier alpha value is -2.11. The van der Waals surface area contributed by atoms with E-state index in [-0.39, 0.29) is 13.1 Å². The molecule has 3 heterocycles. The van der Waals surface area contributed by atoms with Crippen LogP contribution in [-0.4, -0.2) is 65.3 Å². The molecule has 0 aliphatic carbocycles. The van der Waals surface area contributed by atoms with Gasteiger partial charge in [-0.3, -0.25) is 0 Å². The number of fused-ring (bicyclic) bond motifs is 1. The number of alkyl halides is 3. The van der Waals surface area contributed by atoms with Crippen LogP contribution in [0.4, 0.5) is 18.9 Å². The van der Waals surface area contributed by atoms with Gasteiger partial charge in [-0.15, -0.1) is 0 Å². The van der Waals surface area contributed by atoms with Crippen molar-refractivity contribution in [3.63, 3.8) is 0 Å². The van der Waals surface area contributed by atoms with Gasteiger partial charge >= 0.3 is 15.5 Å². The number of para-hydroxylation sites is 1. The normalized spacial score (nSPS) is 21.3. The third-order valence-corrected chi connectivity index (χ3v) is 7.55. The molecule has 7 nitrogen and oxygen atoms in total. The van der Waals surface area contributed by atoms with Gasteiger partial charge in [0.05, 0.1) is 18.6 Å². The number of imidazole rings is 1. The molecule has 0 amide bonds. The van der Waals surface area contributed by atoms with Crippen molar-refractivity contribution in [3.8, 4) is 0 Å². The molecule has 4 rings (SSSR count). The minimum absolute atomic E-state index is 0.224. The third kappa shape index (κ3) is 4.73. The van der Waals surface area contributed by atoms with E-state index in [0.29, 0.717) is 29.4 Å². The van der Waals surface area contributed by atoms with Crippen molar-refractivity contribution in [1.29, 1.82) is 0 Å². The predicted molar refractivity (Wildman–Crippen MR) is 111 cm³/mol.